The molecule has 0 spiro atoms. The average molecular weight is 409 g/mol. The number of benzene rings is 2. The van der Waals surface area contributed by atoms with Crippen LogP contribution in [0.25, 0.3) is 17.1 Å². The van der Waals surface area contributed by atoms with Crippen LogP contribution in [0.4, 0.5) is 0 Å². The number of hydrogen-bond acceptors (Lipinski definition) is 6. The molecule has 7 heteroatoms. The number of ether oxygens (including phenoxy) is 1. The third kappa shape index (κ3) is 4.65. The van der Waals surface area contributed by atoms with E-state index in [4.69, 9.17) is 10.00 Å². The zero-order chi connectivity index (χ0) is 21.6. The average Bonchev–Trinajstić information content (AvgIpc) is 2.81. The lowest BCUT2D eigenvalue weighted by Gasteiger charge is -2.09. The van der Waals surface area contributed by atoms with Crippen LogP contribution in [0.5, 0.6) is 5.75 Å². The van der Waals surface area contributed by atoms with Crippen molar-refractivity contribution in [2.75, 3.05) is 6.61 Å². The van der Waals surface area contributed by atoms with Crippen molar-refractivity contribution in [1.29, 1.82) is 5.26 Å². The summed E-state index contributed by atoms with van der Waals surface area (Å²) in [5.41, 5.74) is 3.42. The summed E-state index contributed by atoms with van der Waals surface area (Å²) >= 11 is 0. The van der Waals surface area contributed by atoms with Crippen LogP contribution in [-0.2, 0) is 6.42 Å². The third-order valence-corrected chi connectivity index (χ3v) is 4.64. The summed E-state index contributed by atoms with van der Waals surface area (Å²) in [6.07, 6.45) is 5.29. The molecule has 0 saturated carbocycles. The lowest BCUT2D eigenvalue weighted by atomic mass is 10.1. The second kappa shape index (κ2) is 9.01. The van der Waals surface area contributed by atoms with Crippen molar-refractivity contribution in [1.82, 2.24) is 19.7 Å². The minimum absolute atomic E-state index is 0.132. The Morgan fingerprint density at radius 1 is 1.06 bits per heavy atom. The van der Waals surface area contributed by atoms with Gasteiger partial charge in [0.25, 0.3) is 0 Å². The lowest BCUT2D eigenvalue weighted by molar-refractivity contribution is 0.337. The van der Waals surface area contributed by atoms with Gasteiger partial charge in [0.15, 0.2) is 11.6 Å². The van der Waals surface area contributed by atoms with E-state index < -0.39 is 0 Å². The van der Waals surface area contributed by atoms with Gasteiger partial charge in [0, 0.05) is 24.2 Å². The van der Waals surface area contributed by atoms with Gasteiger partial charge in [-0.2, -0.15) is 10.4 Å². The van der Waals surface area contributed by atoms with Crippen LogP contribution < -0.4 is 10.2 Å². The van der Waals surface area contributed by atoms with Crippen LogP contribution in [-0.4, -0.2) is 26.4 Å². The highest BCUT2D eigenvalue weighted by atomic mass is 16.5. The predicted octanol–water partition coefficient (Wildman–Crippen LogP) is 3.55. The Kier molecular flexibility index (Phi) is 5.81. The van der Waals surface area contributed by atoms with Crippen molar-refractivity contribution in [3.8, 4) is 28.9 Å². The highest BCUT2D eigenvalue weighted by molar-refractivity contribution is 5.56. The summed E-state index contributed by atoms with van der Waals surface area (Å²) in [7, 11) is 0. The Morgan fingerprint density at radius 2 is 1.84 bits per heavy atom. The molecule has 0 atom stereocenters. The fourth-order valence-electron chi connectivity index (χ4n) is 3.12. The van der Waals surface area contributed by atoms with E-state index in [9.17, 15) is 4.79 Å². The lowest BCUT2D eigenvalue weighted by Crippen LogP contribution is -2.16. The Hall–Kier alpha value is -4.31. The molecule has 0 aliphatic rings. The maximum atomic E-state index is 12.4. The van der Waals surface area contributed by atoms with Gasteiger partial charge in [-0.15, -0.1) is 0 Å². The molecule has 0 saturated heterocycles. The maximum absolute atomic E-state index is 12.4. The summed E-state index contributed by atoms with van der Waals surface area (Å²) in [5, 5.41) is 13.5. The molecule has 2 aromatic carbocycles. The van der Waals surface area contributed by atoms with Gasteiger partial charge in [0.1, 0.15) is 5.69 Å². The van der Waals surface area contributed by atoms with Crippen LogP contribution >= 0.6 is 0 Å². The fraction of sp³-hybridized carbons (Fsp3) is 0.125. The van der Waals surface area contributed by atoms with Gasteiger partial charge in [-0.05, 0) is 42.8 Å². The molecule has 0 unspecified atom stereocenters. The van der Waals surface area contributed by atoms with Crippen LogP contribution in [0.15, 0.2) is 78.0 Å². The molecule has 0 aliphatic carbocycles. The highest BCUT2D eigenvalue weighted by Crippen LogP contribution is 2.19. The molecule has 0 amide bonds. The Balaban J connectivity index is 1.60. The second-order valence-electron chi connectivity index (χ2n) is 6.78. The largest absolute Gasteiger partial charge is 0.491 e. The highest BCUT2D eigenvalue weighted by Gasteiger charge is 2.08. The van der Waals surface area contributed by atoms with E-state index in [-0.39, 0.29) is 5.43 Å². The fourth-order valence-corrected chi connectivity index (χ4v) is 3.12. The van der Waals surface area contributed by atoms with Crippen LogP contribution in [0.1, 0.15) is 23.7 Å². The zero-order valence-corrected chi connectivity index (χ0v) is 16.9. The van der Waals surface area contributed by atoms with Gasteiger partial charge in [-0.3, -0.25) is 4.79 Å². The van der Waals surface area contributed by atoms with E-state index in [0.717, 1.165) is 16.8 Å². The van der Waals surface area contributed by atoms with E-state index in [2.05, 4.69) is 21.1 Å². The molecule has 31 heavy (non-hydrogen) atoms. The van der Waals surface area contributed by atoms with Crippen LogP contribution in [0.2, 0.25) is 0 Å². The van der Waals surface area contributed by atoms with Crippen molar-refractivity contribution in [2.24, 2.45) is 0 Å². The van der Waals surface area contributed by atoms with Crippen molar-refractivity contribution in [3.05, 3.63) is 100 Å². The first-order valence-corrected chi connectivity index (χ1v) is 9.80. The first-order chi connectivity index (χ1) is 15.2. The smallest absolute Gasteiger partial charge is 0.203 e. The molecular weight excluding hydrogens is 390 g/mol. The molecule has 2 heterocycles. The number of nitriles is 1. The summed E-state index contributed by atoms with van der Waals surface area (Å²) in [6, 6.07) is 18.3. The van der Waals surface area contributed by atoms with E-state index >= 15 is 0 Å². The standard InChI is InChI=1S/C24H19N5O2/c1-2-31-21-15-26-24(27-16-21)19-5-3-4-18(12-19)13-22-23(30)10-11-29(28-22)20-8-6-17(14-25)7-9-20/h3-12,15-16H,2,13H2,1H3. The number of aromatic nitrogens is 4. The van der Waals surface area contributed by atoms with Crippen molar-refractivity contribution in [2.45, 2.75) is 13.3 Å². The van der Waals surface area contributed by atoms with E-state index in [0.29, 0.717) is 35.9 Å². The van der Waals surface area contributed by atoms with E-state index in [1.165, 1.54) is 6.07 Å². The molecule has 0 radical (unpaired) electrons. The molecule has 0 aliphatic heterocycles. The van der Waals surface area contributed by atoms with Gasteiger partial charge in [0.2, 0.25) is 5.43 Å². The van der Waals surface area contributed by atoms with Crippen molar-refractivity contribution < 1.29 is 4.74 Å². The van der Waals surface area contributed by atoms with Gasteiger partial charge in [0.05, 0.1) is 36.3 Å². The SMILES string of the molecule is CCOc1cnc(-c2cccc(Cc3nn(-c4ccc(C#N)cc4)ccc3=O)c2)nc1. The van der Waals surface area contributed by atoms with E-state index in [1.54, 1.807) is 47.5 Å². The predicted molar refractivity (Wildman–Crippen MR) is 116 cm³/mol. The molecule has 0 fully saturated rings. The molecule has 4 aromatic rings. The van der Waals surface area contributed by atoms with Crippen LogP contribution in [0, 0.1) is 11.3 Å². The Labute approximate surface area is 179 Å². The topological polar surface area (TPSA) is 93.7 Å². The monoisotopic (exact) mass is 409 g/mol. The minimum atomic E-state index is -0.132. The van der Waals surface area contributed by atoms with E-state index in [1.807, 2.05) is 31.2 Å². The van der Waals surface area contributed by atoms with Gasteiger partial charge in [-0.1, -0.05) is 18.2 Å². The summed E-state index contributed by atoms with van der Waals surface area (Å²) < 4.78 is 7.02. The summed E-state index contributed by atoms with van der Waals surface area (Å²) in [5.74, 6) is 1.21. The molecule has 4 rings (SSSR count). The van der Waals surface area contributed by atoms with Gasteiger partial charge < -0.3 is 4.74 Å². The van der Waals surface area contributed by atoms with Crippen molar-refractivity contribution in [3.63, 3.8) is 0 Å². The zero-order valence-electron chi connectivity index (χ0n) is 16.9. The maximum Gasteiger partial charge on any atom is 0.203 e. The molecule has 0 N–H and O–H groups in total. The van der Waals surface area contributed by atoms with Crippen molar-refractivity contribution >= 4 is 0 Å². The van der Waals surface area contributed by atoms with Gasteiger partial charge >= 0.3 is 0 Å². The molecular formula is C24H19N5O2. The Bertz CT molecular complexity index is 1290. The second-order valence-corrected chi connectivity index (χ2v) is 6.78. The number of rotatable bonds is 6. The normalized spacial score (nSPS) is 10.5. The van der Waals surface area contributed by atoms with Crippen LogP contribution in [0.3, 0.4) is 0 Å². The molecule has 152 valence electrons. The molecule has 2 aromatic heterocycles. The summed E-state index contributed by atoms with van der Waals surface area (Å²) in [6.45, 7) is 2.46. The minimum Gasteiger partial charge on any atom is -0.491 e. The first-order valence-electron chi connectivity index (χ1n) is 9.80. The number of hydrogen-bond donors (Lipinski definition) is 0. The molecule has 0 bridgehead atoms. The summed E-state index contributed by atoms with van der Waals surface area (Å²) in [4.78, 5) is 21.1. The van der Waals surface area contributed by atoms with Gasteiger partial charge in [-0.25, -0.2) is 14.6 Å². The molecule has 7 nitrogen and oxygen atoms in total. The number of nitrogens with zero attached hydrogens (tertiary/aromatic N) is 5. The Morgan fingerprint density at radius 3 is 2.55 bits per heavy atom. The quantitative estimate of drug-likeness (QED) is 0.483. The first kappa shape index (κ1) is 20.0. The third-order valence-electron chi connectivity index (χ3n) is 4.64.